The molecule has 33 heavy (non-hydrogen) atoms. The van der Waals surface area contributed by atoms with Crippen LogP contribution in [0.3, 0.4) is 0 Å². The minimum absolute atomic E-state index is 0.0287. The number of methoxy groups -OCH3 is 2. The van der Waals surface area contributed by atoms with Gasteiger partial charge in [0.25, 0.3) is 11.8 Å². The van der Waals surface area contributed by atoms with Gasteiger partial charge >= 0.3 is 0 Å². The van der Waals surface area contributed by atoms with Crippen molar-refractivity contribution in [2.24, 2.45) is 5.73 Å². The monoisotopic (exact) mass is 477 g/mol. The second-order valence-corrected chi connectivity index (χ2v) is 8.81. The van der Waals surface area contributed by atoms with Crippen LogP contribution in [0.1, 0.15) is 59.0 Å². The van der Waals surface area contributed by atoms with Crippen LogP contribution in [-0.2, 0) is 9.53 Å². The van der Waals surface area contributed by atoms with Crippen molar-refractivity contribution in [3.63, 3.8) is 0 Å². The van der Waals surface area contributed by atoms with E-state index in [1.54, 1.807) is 31.4 Å². The first-order valence-corrected chi connectivity index (χ1v) is 11.1. The fourth-order valence-electron chi connectivity index (χ4n) is 3.05. The number of nitrogen functional groups attached to an aromatic ring is 1. The van der Waals surface area contributed by atoms with Gasteiger partial charge in [-0.3, -0.25) is 14.4 Å². The summed E-state index contributed by atoms with van der Waals surface area (Å²) in [4.78, 5) is 40.1. The molecule has 1 heterocycles. The van der Waals surface area contributed by atoms with Crippen LogP contribution in [0.5, 0.6) is 5.75 Å². The van der Waals surface area contributed by atoms with E-state index in [1.807, 2.05) is 20.8 Å². The van der Waals surface area contributed by atoms with E-state index in [4.69, 9.17) is 20.9 Å². The molecule has 1 atom stereocenters. The number of nitrogens with one attached hydrogen (secondary N) is 1. The van der Waals surface area contributed by atoms with Gasteiger partial charge in [0.2, 0.25) is 5.91 Å². The number of carbonyl (C=O) groups excluding carboxylic acids is 3. The molecule has 2 rings (SSSR count). The second-order valence-electron chi connectivity index (χ2n) is 8.03. The lowest BCUT2D eigenvalue weighted by Crippen LogP contribution is -2.50. The maximum absolute atomic E-state index is 13.6. The van der Waals surface area contributed by atoms with Crippen LogP contribution in [0.2, 0.25) is 0 Å². The fraction of sp³-hybridized carbons (Fsp3) is 0.455. The normalized spacial score (nSPS) is 12.2. The van der Waals surface area contributed by atoms with E-state index in [9.17, 15) is 14.4 Å². The lowest BCUT2D eigenvalue weighted by molar-refractivity contribution is -0.127. The van der Waals surface area contributed by atoms with Gasteiger partial charge in [0.1, 0.15) is 16.7 Å². The Labute approximate surface area is 197 Å². The van der Waals surface area contributed by atoms with E-state index in [1.165, 1.54) is 12.0 Å². The van der Waals surface area contributed by atoms with Crippen LogP contribution in [0.25, 0.3) is 0 Å². The van der Waals surface area contributed by atoms with Crippen molar-refractivity contribution < 1.29 is 23.9 Å². The molecule has 10 nitrogen and oxygen atoms in total. The SMILES string of the molecule is CCC(C)(C)NC(=O)C(c1ccc(OC)cc1)N(CCOC)C(=O)c1snc(C(N)=O)c1N. The van der Waals surface area contributed by atoms with E-state index in [-0.39, 0.29) is 35.3 Å². The van der Waals surface area contributed by atoms with E-state index in [0.29, 0.717) is 17.7 Å². The van der Waals surface area contributed by atoms with Crippen molar-refractivity contribution in [2.45, 2.75) is 38.8 Å². The quantitative estimate of drug-likeness (QED) is 0.448. The third-order valence-corrected chi connectivity index (χ3v) is 6.14. The summed E-state index contributed by atoms with van der Waals surface area (Å²) in [5.41, 5.74) is 11.1. The highest BCUT2D eigenvalue weighted by Crippen LogP contribution is 2.30. The van der Waals surface area contributed by atoms with Crippen molar-refractivity contribution in [3.05, 3.63) is 40.4 Å². The van der Waals surface area contributed by atoms with E-state index >= 15 is 0 Å². The number of ether oxygens (including phenoxy) is 2. The van der Waals surface area contributed by atoms with Gasteiger partial charge in [-0.15, -0.1) is 0 Å². The largest absolute Gasteiger partial charge is 0.497 e. The highest BCUT2D eigenvalue weighted by atomic mass is 32.1. The summed E-state index contributed by atoms with van der Waals surface area (Å²) in [6.45, 7) is 6.02. The number of amides is 3. The van der Waals surface area contributed by atoms with Crippen LogP contribution >= 0.6 is 11.5 Å². The first kappa shape index (κ1) is 26.1. The Bertz CT molecular complexity index is 990. The Morgan fingerprint density at radius 1 is 1.21 bits per heavy atom. The summed E-state index contributed by atoms with van der Waals surface area (Å²) in [5.74, 6) is -1.14. The molecule has 1 aromatic carbocycles. The minimum Gasteiger partial charge on any atom is -0.497 e. The van der Waals surface area contributed by atoms with Gasteiger partial charge in [0.05, 0.1) is 19.4 Å². The number of benzene rings is 1. The molecule has 0 saturated heterocycles. The average Bonchev–Trinajstić information content (AvgIpc) is 3.17. The number of aromatic nitrogens is 1. The molecule has 3 amide bonds. The second kappa shape index (κ2) is 11.1. The Morgan fingerprint density at radius 3 is 2.33 bits per heavy atom. The molecule has 1 aromatic heterocycles. The Morgan fingerprint density at radius 2 is 1.85 bits per heavy atom. The standard InChI is InChI=1S/C22H31N5O5S/c1-6-22(2,3)25-20(29)17(13-7-9-14(32-5)10-8-13)27(11-12-31-4)21(30)18-15(23)16(19(24)28)26-33-18/h7-10,17H,6,11-12,23H2,1-5H3,(H2,24,28)(H,25,29). The predicted molar refractivity (Wildman–Crippen MR) is 126 cm³/mol. The molecule has 5 N–H and O–H groups in total. The number of nitrogens with two attached hydrogens (primary N) is 2. The number of carbonyl (C=O) groups is 3. The summed E-state index contributed by atoms with van der Waals surface area (Å²) < 4.78 is 14.3. The van der Waals surface area contributed by atoms with Gasteiger partial charge in [-0.25, -0.2) is 0 Å². The van der Waals surface area contributed by atoms with Crippen molar-refractivity contribution in [1.82, 2.24) is 14.6 Å². The third kappa shape index (κ3) is 6.20. The van der Waals surface area contributed by atoms with Crippen LogP contribution in [-0.4, -0.2) is 59.9 Å². The maximum Gasteiger partial charge on any atom is 0.270 e. The molecule has 1 unspecified atom stereocenters. The predicted octanol–water partition coefficient (Wildman–Crippen LogP) is 1.97. The Hall–Kier alpha value is -3.18. The number of hydrogen-bond donors (Lipinski definition) is 3. The van der Waals surface area contributed by atoms with Gasteiger partial charge in [-0.05, 0) is 49.5 Å². The van der Waals surface area contributed by atoms with Crippen LogP contribution in [0.15, 0.2) is 24.3 Å². The Balaban J connectivity index is 2.58. The summed E-state index contributed by atoms with van der Waals surface area (Å²) >= 11 is 0.763. The fourth-order valence-corrected chi connectivity index (χ4v) is 3.81. The highest BCUT2D eigenvalue weighted by Gasteiger charge is 2.36. The summed E-state index contributed by atoms with van der Waals surface area (Å²) in [6, 6.07) is 5.88. The highest BCUT2D eigenvalue weighted by molar-refractivity contribution is 7.09. The van der Waals surface area contributed by atoms with Gasteiger partial charge in [-0.2, -0.15) is 4.37 Å². The lowest BCUT2D eigenvalue weighted by Gasteiger charge is -2.34. The molecule has 0 aliphatic heterocycles. The number of primary amides is 1. The molecule has 0 radical (unpaired) electrons. The lowest BCUT2D eigenvalue weighted by atomic mass is 9.98. The van der Waals surface area contributed by atoms with Crippen molar-refractivity contribution in [3.8, 4) is 5.75 Å². The molecular weight excluding hydrogens is 446 g/mol. The van der Waals surface area contributed by atoms with Gasteiger partial charge in [0, 0.05) is 19.2 Å². The third-order valence-electron chi connectivity index (χ3n) is 5.29. The van der Waals surface area contributed by atoms with Gasteiger partial charge < -0.3 is 31.2 Å². The zero-order valence-electron chi connectivity index (χ0n) is 19.5. The van der Waals surface area contributed by atoms with Crippen molar-refractivity contribution in [1.29, 1.82) is 0 Å². The number of rotatable bonds is 11. The molecular formula is C22H31N5O5S. The number of hydrogen-bond acceptors (Lipinski definition) is 8. The molecule has 0 saturated carbocycles. The Kier molecular flexibility index (Phi) is 8.77. The molecule has 180 valence electrons. The van der Waals surface area contributed by atoms with Gasteiger partial charge in [-0.1, -0.05) is 19.1 Å². The van der Waals surface area contributed by atoms with Crippen molar-refractivity contribution in [2.75, 3.05) is 33.1 Å². The molecule has 0 bridgehead atoms. The molecule has 0 aliphatic carbocycles. The number of nitrogens with zero attached hydrogens (tertiary/aromatic N) is 2. The molecule has 0 fully saturated rings. The zero-order chi connectivity index (χ0) is 24.8. The van der Waals surface area contributed by atoms with Crippen LogP contribution < -0.4 is 21.5 Å². The van der Waals surface area contributed by atoms with E-state index in [0.717, 1.165) is 11.5 Å². The molecule has 2 aromatic rings. The first-order chi connectivity index (χ1) is 15.6. The smallest absolute Gasteiger partial charge is 0.270 e. The minimum atomic E-state index is -0.997. The maximum atomic E-state index is 13.6. The summed E-state index contributed by atoms with van der Waals surface area (Å²) in [5, 5.41) is 3.01. The summed E-state index contributed by atoms with van der Waals surface area (Å²) in [7, 11) is 3.04. The molecule has 0 spiro atoms. The molecule has 11 heteroatoms. The average molecular weight is 478 g/mol. The van der Waals surface area contributed by atoms with Gasteiger partial charge in [0.15, 0.2) is 5.69 Å². The zero-order valence-corrected chi connectivity index (χ0v) is 20.3. The topological polar surface area (TPSA) is 150 Å². The van der Waals surface area contributed by atoms with Crippen molar-refractivity contribution >= 4 is 34.9 Å². The van der Waals surface area contributed by atoms with E-state index < -0.39 is 23.4 Å². The van der Waals surface area contributed by atoms with E-state index in [2.05, 4.69) is 9.69 Å². The number of anilines is 1. The molecule has 0 aliphatic rings. The summed E-state index contributed by atoms with van der Waals surface area (Å²) in [6.07, 6.45) is 0.684. The first-order valence-electron chi connectivity index (χ1n) is 10.4. The van der Waals surface area contributed by atoms with Crippen LogP contribution in [0, 0.1) is 0 Å². The van der Waals surface area contributed by atoms with Crippen LogP contribution in [0.4, 0.5) is 5.69 Å².